The van der Waals surface area contributed by atoms with Crippen LogP contribution in [0.25, 0.3) is 10.6 Å². The molecule has 7 nitrogen and oxygen atoms in total. The van der Waals surface area contributed by atoms with Gasteiger partial charge in [-0.1, -0.05) is 6.07 Å². The van der Waals surface area contributed by atoms with Crippen molar-refractivity contribution in [3.8, 4) is 10.6 Å². The van der Waals surface area contributed by atoms with Crippen molar-refractivity contribution < 1.29 is 9.53 Å². The second-order valence-corrected chi connectivity index (χ2v) is 6.31. The van der Waals surface area contributed by atoms with Gasteiger partial charge in [-0.3, -0.25) is 9.59 Å². The third-order valence-electron chi connectivity index (χ3n) is 3.62. The van der Waals surface area contributed by atoms with Crippen LogP contribution in [-0.4, -0.2) is 34.9 Å². The molecule has 1 saturated heterocycles. The summed E-state index contributed by atoms with van der Waals surface area (Å²) in [6.07, 6.45) is 2.02. The van der Waals surface area contributed by atoms with Crippen molar-refractivity contribution in [2.45, 2.75) is 25.5 Å². The van der Waals surface area contributed by atoms with E-state index in [0.717, 1.165) is 29.0 Å². The number of aromatic nitrogens is 2. The molecule has 23 heavy (non-hydrogen) atoms. The Labute approximate surface area is 137 Å². The minimum atomic E-state index is -0.461. The molecule has 1 amide bonds. The molecule has 2 aromatic rings. The highest BCUT2D eigenvalue weighted by Crippen LogP contribution is 2.22. The Morgan fingerprint density at radius 3 is 3.13 bits per heavy atom. The van der Waals surface area contributed by atoms with Gasteiger partial charge in [-0.25, -0.2) is 4.68 Å². The number of ether oxygens (including phenoxy) is 1. The highest BCUT2D eigenvalue weighted by atomic mass is 32.1. The van der Waals surface area contributed by atoms with E-state index in [-0.39, 0.29) is 24.2 Å². The molecule has 0 radical (unpaired) electrons. The topological polar surface area (TPSA) is 99.2 Å². The predicted molar refractivity (Wildman–Crippen MR) is 88.2 cm³/mol. The van der Waals surface area contributed by atoms with E-state index >= 15 is 0 Å². The van der Waals surface area contributed by atoms with Gasteiger partial charge in [0, 0.05) is 13.2 Å². The lowest BCUT2D eigenvalue weighted by Gasteiger charge is -2.12. The molecule has 2 aromatic heterocycles. The average molecular weight is 334 g/mol. The number of rotatable bonds is 5. The van der Waals surface area contributed by atoms with E-state index in [1.54, 1.807) is 0 Å². The van der Waals surface area contributed by atoms with Gasteiger partial charge in [0.05, 0.1) is 11.0 Å². The lowest BCUT2D eigenvalue weighted by atomic mass is 10.2. The maximum Gasteiger partial charge on any atom is 0.290 e. The number of carbonyl (C=O) groups excluding carboxylic acids is 1. The van der Waals surface area contributed by atoms with Crippen LogP contribution in [0.15, 0.2) is 28.4 Å². The number of anilines is 1. The Balaban J connectivity index is 1.71. The molecule has 0 spiro atoms. The molecule has 3 N–H and O–H groups in total. The molecule has 0 saturated carbocycles. The monoisotopic (exact) mass is 334 g/mol. The molecule has 0 aliphatic carbocycles. The summed E-state index contributed by atoms with van der Waals surface area (Å²) in [5.41, 5.74) is 5.96. The highest BCUT2D eigenvalue weighted by Gasteiger charge is 2.17. The van der Waals surface area contributed by atoms with Gasteiger partial charge in [0.1, 0.15) is 17.9 Å². The molecule has 0 bridgehead atoms. The zero-order valence-corrected chi connectivity index (χ0v) is 13.3. The molecule has 1 atom stereocenters. The quantitative estimate of drug-likeness (QED) is 0.844. The largest absolute Gasteiger partial charge is 0.394 e. The third-order valence-corrected chi connectivity index (χ3v) is 4.51. The summed E-state index contributed by atoms with van der Waals surface area (Å²) in [5, 5.41) is 8.92. The van der Waals surface area contributed by atoms with Gasteiger partial charge in [0.15, 0.2) is 0 Å². The van der Waals surface area contributed by atoms with Crippen LogP contribution in [0.3, 0.4) is 0 Å². The van der Waals surface area contributed by atoms with E-state index in [2.05, 4.69) is 10.4 Å². The summed E-state index contributed by atoms with van der Waals surface area (Å²) >= 11 is 1.49. The number of nitrogens with two attached hydrogens (primary N) is 1. The number of hydrogen-bond acceptors (Lipinski definition) is 6. The van der Waals surface area contributed by atoms with Gasteiger partial charge in [-0.15, -0.1) is 11.3 Å². The van der Waals surface area contributed by atoms with E-state index in [9.17, 15) is 9.59 Å². The number of thiophene rings is 1. The Kier molecular flexibility index (Phi) is 4.73. The summed E-state index contributed by atoms with van der Waals surface area (Å²) in [6.45, 7) is 1.03. The van der Waals surface area contributed by atoms with Gasteiger partial charge >= 0.3 is 0 Å². The molecule has 8 heteroatoms. The number of amides is 1. The molecule has 0 aromatic carbocycles. The first-order chi connectivity index (χ1) is 11.1. The van der Waals surface area contributed by atoms with Crippen LogP contribution in [-0.2, 0) is 16.1 Å². The molecular formula is C15H18N4O3S. The summed E-state index contributed by atoms with van der Waals surface area (Å²) in [6, 6.07) is 5.31. The van der Waals surface area contributed by atoms with Crippen LogP contribution in [0.4, 0.5) is 5.69 Å². The van der Waals surface area contributed by atoms with Crippen LogP contribution in [0.1, 0.15) is 12.8 Å². The summed E-state index contributed by atoms with van der Waals surface area (Å²) in [5.74, 6) is -0.280. The van der Waals surface area contributed by atoms with E-state index in [1.807, 2.05) is 17.5 Å². The molecule has 1 fully saturated rings. The van der Waals surface area contributed by atoms with Crippen LogP contribution >= 0.6 is 11.3 Å². The Morgan fingerprint density at radius 1 is 1.57 bits per heavy atom. The first-order valence-corrected chi connectivity index (χ1v) is 8.31. The number of nitrogens with zero attached hydrogens (tertiary/aromatic N) is 2. The summed E-state index contributed by atoms with van der Waals surface area (Å²) < 4.78 is 6.55. The highest BCUT2D eigenvalue weighted by molar-refractivity contribution is 7.13. The second kappa shape index (κ2) is 6.93. The average Bonchev–Trinajstić information content (AvgIpc) is 3.22. The molecule has 1 unspecified atom stereocenters. The standard InChI is InChI=1S/C15H18N4O3S/c16-11-7-12(13-4-2-6-23-13)18-19(15(11)21)9-14(20)17-8-10-3-1-5-22-10/h2,4,6-7,10H,1,3,5,8-9,16H2,(H,17,20). The van der Waals surface area contributed by atoms with E-state index in [0.29, 0.717) is 12.2 Å². The van der Waals surface area contributed by atoms with Gasteiger partial charge in [0.25, 0.3) is 5.56 Å². The van der Waals surface area contributed by atoms with Crippen LogP contribution < -0.4 is 16.6 Å². The van der Waals surface area contributed by atoms with Crippen molar-refractivity contribution >= 4 is 22.9 Å². The fourth-order valence-corrected chi connectivity index (χ4v) is 3.12. The normalized spacial score (nSPS) is 17.3. The number of nitrogens with one attached hydrogen (secondary N) is 1. The summed E-state index contributed by atoms with van der Waals surface area (Å²) in [4.78, 5) is 25.0. The Bertz CT molecular complexity index is 736. The van der Waals surface area contributed by atoms with Crippen molar-refractivity contribution in [2.24, 2.45) is 0 Å². The molecular weight excluding hydrogens is 316 g/mol. The molecule has 3 heterocycles. The number of carbonyl (C=O) groups is 1. The third kappa shape index (κ3) is 3.77. The molecule has 122 valence electrons. The SMILES string of the molecule is Nc1cc(-c2cccs2)nn(CC(=O)NCC2CCCO2)c1=O. The summed E-state index contributed by atoms with van der Waals surface area (Å²) in [7, 11) is 0. The Morgan fingerprint density at radius 2 is 2.43 bits per heavy atom. The maximum atomic E-state index is 12.1. The van der Waals surface area contributed by atoms with Crippen LogP contribution in [0.2, 0.25) is 0 Å². The van der Waals surface area contributed by atoms with Crippen molar-refractivity contribution in [1.29, 1.82) is 0 Å². The Hall–Kier alpha value is -2.19. The molecule has 3 rings (SSSR count). The fourth-order valence-electron chi connectivity index (χ4n) is 2.44. The fraction of sp³-hybridized carbons (Fsp3) is 0.400. The van der Waals surface area contributed by atoms with Crippen molar-refractivity contribution in [2.75, 3.05) is 18.9 Å². The van der Waals surface area contributed by atoms with Gasteiger partial charge in [-0.05, 0) is 30.4 Å². The maximum absolute atomic E-state index is 12.1. The first kappa shape index (κ1) is 15.7. The predicted octanol–water partition coefficient (Wildman–Crippen LogP) is 0.849. The first-order valence-electron chi connectivity index (χ1n) is 7.43. The lowest BCUT2D eigenvalue weighted by Crippen LogP contribution is -2.37. The van der Waals surface area contributed by atoms with Crippen LogP contribution in [0.5, 0.6) is 0 Å². The second-order valence-electron chi connectivity index (χ2n) is 5.36. The van der Waals surface area contributed by atoms with Crippen molar-refractivity contribution in [3.63, 3.8) is 0 Å². The van der Waals surface area contributed by atoms with Gasteiger partial charge in [0.2, 0.25) is 5.91 Å². The van der Waals surface area contributed by atoms with Crippen LogP contribution in [0, 0.1) is 0 Å². The van der Waals surface area contributed by atoms with Crippen molar-refractivity contribution in [1.82, 2.24) is 15.1 Å². The van der Waals surface area contributed by atoms with Crippen molar-refractivity contribution in [3.05, 3.63) is 33.9 Å². The minimum absolute atomic E-state index is 0.0613. The molecule has 1 aliphatic rings. The zero-order valence-electron chi connectivity index (χ0n) is 12.5. The lowest BCUT2D eigenvalue weighted by molar-refractivity contribution is -0.122. The van der Waals surface area contributed by atoms with E-state index in [4.69, 9.17) is 10.5 Å². The van der Waals surface area contributed by atoms with E-state index < -0.39 is 5.56 Å². The minimum Gasteiger partial charge on any atom is -0.394 e. The van der Waals surface area contributed by atoms with Gasteiger partial charge < -0.3 is 15.8 Å². The number of hydrogen-bond donors (Lipinski definition) is 2. The smallest absolute Gasteiger partial charge is 0.290 e. The molecule has 1 aliphatic heterocycles. The zero-order chi connectivity index (χ0) is 16.2. The van der Waals surface area contributed by atoms with E-state index in [1.165, 1.54) is 17.4 Å². The number of nitrogen functional groups attached to an aromatic ring is 1. The van der Waals surface area contributed by atoms with Gasteiger partial charge in [-0.2, -0.15) is 5.10 Å².